The number of hydrogen-bond donors (Lipinski definition) is 1. The quantitative estimate of drug-likeness (QED) is 0.616. The Bertz CT molecular complexity index is 957. The van der Waals surface area contributed by atoms with Gasteiger partial charge in [-0.1, -0.05) is 36.4 Å². The normalized spacial score (nSPS) is 22.0. The summed E-state index contributed by atoms with van der Waals surface area (Å²) in [7, 11) is -5.74. The zero-order valence-electron chi connectivity index (χ0n) is 13.8. The fraction of sp³-hybridized carbons (Fsp3) is 0.278. The molecule has 2 atom stereocenters. The van der Waals surface area contributed by atoms with Crippen molar-refractivity contribution < 1.29 is 35.7 Å². The lowest BCUT2D eigenvalue weighted by Crippen LogP contribution is -2.26. The second-order valence-electron chi connectivity index (χ2n) is 6.28. The van der Waals surface area contributed by atoms with E-state index in [1.165, 1.54) is 12.2 Å². The van der Waals surface area contributed by atoms with Crippen molar-refractivity contribution in [3.8, 4) is 0 Å². The predicted molar refractivity (Wildman–Crippen MR) is 90.6 cm³/mol. The maximum absolute atomic E-state index is 12.5. The highest BCUT2D eigenvalue weighted by Crippen LogP contribution is 2.38. The number of rotatable bonds is 4. The number of carbonyl (C=O) groups is 1. The van der Waals surface area contributed by atoms with Crippen LogP contribution in [0.3, 0.4) is 0 Å². The van der Waals surface area contributed by atoms with Gasteiger partial charge in [-0.15, -0.1) is 0 Å². The Morgan fingerprint density at radius 2 is 1.93 bits per heavy atom. The van der Waals surface area contributed by atoms with Crippen molar-refractivity contribution in [2.45, 2.75) is 18.3 Å². The number of aliphatic carboxylic acids is 1. The summed E-state index contributed by atoms with van der Waals surface area (Å²) in [6.07, 6.45) is 6.00. The number of allylic oxidation sites excluding steroid dienone is 4. The molecule has 0 bridgehead atoms. The number of hydrogen-bond acceptors (Lipinski definition) is 4. The summed E-state index contributed by atoms with van der Waals surface area (Å²) in [5.74, 6) is -2.04. The highest BCUT2D eigenvalue weighted by Gasteiger charge is 2.49. The maximum atomic E-state index is 12.5. The third kappa shape index (κ3) is 4.08. The van der Waals surface area contributed by atoms with Crippen LogP contribution in [0.2, 0.25) is 0 Å². The van der Waals surface area contributed by atoms with E-state index in [2.05, 4.69) is 4.18 Å². The topological polar surface area (TPSA) is 80.7 Å². The van der Waals surface area contributed by atoms with Gasteiger partial charge in [0.1, 0.15) is 5.76 Å². The van der Waals surface area contributed by atoms with Crippen molar-refractivity contribution in [1.82, 2.24) is 0 Å². The van der Waals surface area contributed by atoms with Crippen molar-refractivity contribution >= 4 is 21.7 Å². The molecule has 2 aliphatic rings. The number of alkyl halides is 3. The summed E-state index contributed by atoms with van der Waals surface area (Å²) in [5.41, 5.74) is -3.30. The van der Waals surface area contributed by atoms with E-state index in [-0.39, 0.29) is 18.3 Å². The number of halogens is 3. The zero-order chi connectivity index (χ0) is 19.8. The van der Waals surface area contributed by atoms with Gasteiger partial charge in [-0.25, -0.2) is 0 Å². The Morgan fingerprint density at radius 1 is 1.22 bits per heavy atom. The highest BCUT2D eigenvalue weighted by atomic mass is 32.2. The summed E-state index contributed by atoms with van der Waals surface area (Å²) in [6, 6.07) is 7.16. The molecule has 0 saturated heterocycles. The maximum Gasteiger partial charge on any atom is 0.534 e. The van der Waals surface area contributed by atoms with E-state index < -0.39 is 27.4 Å². The molecule has 27 heavy (non-hydrogen) atoms. The molecule has 0 fully saturated rings. The first kappa shape index (κ1) is 19.2. The molecule has 2 unspecified atom stereocenters. The average Bonchev–Trinajstić information content (AvgIpc) is 2.69. The molecule has 0 aromatic heterocycles. The van der Waals surface area contributed by atoms with Crippen LogP contribution in [0.4, 0.5) is 13.2 Å². The molecule has 0 heterocycles. The molecular weight excluding hydrogens is 385 g/mol. The fourth-order valence-electron chi connectivity index (χ4n) is 3.23. The van der Waals surface area contributed by atoms with Crippen LogP contribution in [-0.4, -0.2) is 25.0 Å². The third-order valence-corrected chi connectivity index (χ3v) is 5.38. The van der Waals surface area contributed by atoms with Crippen LogP contribution in [0.5, 0.6) is 0 Å². The smallest absolute Gasteiger partial charge is 0.481 e. The van der Waals surface area contributed by atoms with E-state index >= 15 is 0 Å². The molecule has 5 nitrogen and oxygen atoms in total. The van der Waals surface area contributed by atoms with E-state index in [1.54, 1.807) is 24.3 Å². The molecule has 9 heteroatoms. The second-order valence-corrected chi connectivity index (χ2v) is 7.81. The van der Waals surface area contributed by atoms with Gasteiger partial charge in [0.05, 0.1) is 6.42 Å². The van der Waals surface area contributed by atoms with Crippen molar-refractivity contribution in [3.63, 3.8) is 0 Å². The summed E-state index contributed by atoms with van der Waals surface area (Å²) in [6.45, 7) is 0. The highest BCUT2D eigenvalue weighted by molar-refractivity contribution is 7.87. The lowest BCUT2D eigenvalue weighted by Gasteiger charge is -2.23. The molecule has 0 amide bonds. The van der Waals surface area contributed by atoms with Gasteiger partial charge < -0.3 is 9.29 Å². The van der Waals surface area contributed by atoms with Crippen LogP contribution in [0, 0.1) is 11.8 Å². The molecule has 0 spiro atoms. The van der Waals surface area contributed by atoms with Gasteiger partial charge in [0.25, 0.3) is 0 Å². The zero-order valence-corrected chi connectivity index (χ0v) is 14.6. The van der Waals surface area contributed by atoms with Crippen LogP contribution in [0.15, 0.2) is 54.3 Å². The molecule has 1 aromatic rings. The van der Waals surface area contributed by atoms with Crippen molar-refractivity contribution in [1.29, 1.82) is 0 Å². The lowest BCUT2D eigenvalue weighted by molar-refractivity contribution is -0.135. The Kier molecular flexibility index (Phi) is 4.90. The summed E-state index contributed by atoms with van der Waals surface area (Å²) >= 11 is 0. The molecule has 1 aromatic carbocycles. The molecule has 0 radical (unpaired) electrons. The molecule has 1 N–H and O–H groups in total. The van der Waals surface area contributed by atoms with Crippen molar-refractivity contribution in [2.75, 3.05) is 0 Å². The van der Waals surface area contributed by atoms with Gasteiger partial charge in [0.15, 0.2) is 0 Å². The standard InChI is InChI=1S/C18H15F3O5S/c19-18(20,21)27(24,25)26-15-6-5-11-7-14(10-17(22)23)16-4-2-1-3-12(16)8-13(11)9-15/h1-7,9,11,13H,8,10H2,(H,22,23). The molecule has 3 rings (SSSR count). The first-order valence-corrected chi connectivity index (χ1v) is 9.39. The minimum absolute atomic E-state index is 0.191. The second kappa shape index (κ2) is 6.88. The minimum Gasteiger partial charge on any atom is -0.481 e. The molecule has 144 valence electrons. The third-order valence-electron chi connectivity index (χ3n) is 4.40. The molecule has 0 aliphatic heterocycles. The van der Waals surface area contributed by atoms with Crippen LogP contribution in [0.25, 0.3) is 5.57 Å². The van der Waals surface area contributed by atoms with E-state index in [9.17, 15) is 26.4 Å². The summed E-state index contributed by atoms with van der Waals surface area (Å²) in [4.78, 5) is 11.2. The first-order chi connectivity index (χ1) is 12.6. The Labute approximate surface area is 153 Å². The average molecular weight is 400 g/mol. The Balaban J connectivity index is 1.95. The van der Waals surface area contributed by atoms with Crippen molar-refractivity contribution in [2.24, 2.45) is 11.8 Å². The van der Waals surface area contributed by atoms with E-state index in [4.69, 9.17) is 5.11 Å². The van der Waals surface area contributed by atoms with Gasteiger partial charge in [-0.3, -0.25) is 4.79 Å². The van der Waals surface area contributed by atoms with Gasteiger partial charge in [0, 0.05) is 5.92 Å². The minimum atomic E-state index is -5.74. The fourth-order valence-corrected chi connectivity index (χ4v) is 3.69. The SMILES string of the molecule is O=C(O)CC1=CC2C=CC(OS(=O)(=O)C(F)(F)F)=CC2Cc2ccccc21. The largest absolute Gasteiger partial charge is 0.534 e. The predicted octanol–water partition coefficient (Wildman–Crippen LogP) is 3.65. The number of carboxylic acid groups (broad SMARTS) is 1. The molecule has 2 aliphatic carbocycles. The van der Waals surface area contributed by atoms with Crippen LogP contribution in [0.1, 0.15) is 17.5 Å². The number of benzene rings is 1. The van der Waals surface area contributed by atoms with E-state index in [0.29, 0.717) is 12.0 Å². The monoisotopic (exact) mass is 400 g/mol. The van der Waals surface area contributed by atoms with Crippen LogP contribution < -0.4 is 0 Å². The number of fused-ring (bicyclic) bond motifs is 2. The van der Waals surface area contributed by atoms with E-state index in [0.717, 1.165) is 17.2 Å². The van der Waals surface area contributed by atoms with Gasteiger partial charge >= 0.3 is 21.6 Å². The van der Waals surface area contributed by atoms with Gasteiger partial charge in [-0.2, -0.15) is 21.6 Å². The van der Waals surface area contributed by atoms with Gasteiger partial charge in [0.2, 0.25) is 0 Å². The number of carboxylic acids is 1. The Morgan fingerprint density at radius 3 is 2.59 bits per heavy atom. The summed E-state index contributed by atoms with van der Waals surface area (Å²) in [5, 5.41) is 9.16. The molecule has 0 saturated carbocycles. The lowest BCUT2D eigenvalue weighted by atomic mass is 9.84. The van der Waals surface area contributed by atoms with E-state index in [1.807, 2.05) is 6.07 Å². The first-order valence-electron chi connectivity index (χ1n) is 7.98. The van der Waals surface area contributed by atoms with Crippen molar-refractivity contribution in [3.05, 3.63) is 65.5 Å². The summed E-state index contributed by atoms with van der Waals surface area (Å²) < 4.78 is 64.2. The van der Waals surface area contributed by atoms with Crippen LogP contribution in [-0.2, 0) is 25.5 Å². The Hall–Kier alpha value is -2.55. The molecular formula is C18H15F3O5S. The van der Waals surface area contributed by atoms with Gasteiger partial charge in [-0.05, 0) is 41.2 Å². The van der Waals surface area contributed by atoms with Crippen LogP contribution >= 0.6 is 0 Å².